The number of aromatic amines is 1. The molecule has 1 aliphatic rings. The first-order valence-corrected chi connectivity index (χ1v) is 9.66. The van der Waals surface area contributed by atoms with Crippen LogP contribution in [0, 0.1) is 0 Å². The van der Waals surface area contributed by atoms with Crippen molar-refractivity contribution in [2.45, 2.75) is 6.04 Å². The molecular weight excluding hydrogens is 434 g/mol. The Hall–Kier alpha value is -2.16. The number of aliphatic carboxylic acids is 1. The number of aromatic nitrogens is 3. The molecule has 1 atom stereocenters. The first-order chi connectivity index (χ1) is 13.0. The van der Waals surface area contributed by atoms with Gasteiger partial charge < -0.3 is 15.0 Å². The third-order valence-corrected chi connectivity index (χ3v) is 5.42. The van der Waals surface area contributed by atoms with E-state index < -0.39 is 12.0 Å². The summed E-state index contributed by atoms with van der Waals surface area (Å²) >= 11 is 9.37. The standard InChI is InChI=1S/C18H17BrClN5O2/c19-11-8-22-18(23-9-11)25-5-3-24(4-6-25)16(17(26)27)14-10-21-15-7-12(20)1-2-13(14)15/h1-2,7-10,16,21H,3-6H2,(H,26,27)/t16-/m1/s1. The van der Waals surface area contributed by atoms with Crippen LogP contribution in [0.2, 0.25) is 5.02 Å². The average molecular weight is 451 g/mol. The Morgan fingerprint density at radius 3 is 2.59 bits per heavy atom. The fourth-order valence-corrected chi connectivity index (χ4v) is 3.86. The molecule has 0 aliphatic carbocycles. The Kier molecular flexibility index (Phi) is 5.03. The summed E-state index contributed by atoms with van der Waals surface area (Å²) in [5.41, 5.74) is 1.59. The van der Waals surface area contributed by atoms with Crippen LogP contribution in [0.25, 0.3) is 10.9 Å². The van der Waals surface area contributed by atoms with E-state index in [-0.39, 0.29) is 0 Å². The maximum absolute atomic E-state index is 12.1. The first-order valence-electron chi connectivity index (χ1n) is 8.49. The molecule has 0 unspecified atom stereocenters. The Bertz CT molecular complexity index is 970. The lowest BCUT2D eigenvalue weighted by Crippen LogP contribution is -2.49. The predicted octanol–water partition coefficient (Wildman–Crippen LogP) is 3.32. The van der Waals surface area contributed by atoms with Gasteiger partial charge in [0.05, 0.1) is 4.47 Å². The summed E-state index contributed by atoms with van der Waals surface area (Å²) in [6, 6.07) is 4.74. The third-order valence-electron chi connectivity index (χ3n) is 4.77. The number of nitrogens with one attached hydrogen (secondary N) is 1. The Morgan fingerprint density at radius 2 is 1.93 bits per heavy atom. The van der Waals surface area contributed by atoms with Crippen molar-refractivity contribution in [3.63, 3.8) is 0 Å². The van der Waals surface area contributed by atoms with E-state index in [1.807, 2.05) is 17.0 Å². The zero-order valence-electron chi connectivity index (χ0n) is 14.3. The van der Waals surface area contributed by atoms with Crippen LogP contribution < -0.4 is 4.90 Å². The normalized spacial score (nSPS) is 16.6. The van der Waals surface area contributed by atoms with Gasteiger partial charge in [0.15, 0.2) is 0 Å². The quantitative estimate of drug-likeness (QED) is 0.634. The highest BCUT2D eigenvalue weighted by molar-refractivity contribution is 9.10. The minimum absolute atomic E-state index is 0.608. The van der Waals surface area contributed by atoms with E-state index in [1.54, 1.807) is 24.7 Å². The van der Waals surface area contributed by atoms with Crippen LogP contribution in [0.1, 0.15) is 11.6 Å². The van der Waals surface area contributed by atoms with Gasteiger partial charge in [0.25, 0.3) is 0 Å². The molecule has 2 N–H and O–H groups in total. The van der Waals surface area contributed by atoms with Gasteiger partial charge in [-0.15, -0.1) is 0 Å². The van der Waals surface area contributed by atoms with Crippen LogP contribution in [0.15, 0.2) is 41.3 Å². The molecule has 1 saturated heterocycles. The van der Waals surface area contributed by atoms with Crippen molar-refractivity contribution in [1.29, 1.82) is 0 Å². The number of anilines is 1. The van der Waals surface area contributed by atoms with Gasteiger partial charge >= 0.3 is 5.97 Å². The van der Waals surface area contributed by atoms with E-state index in [9.17, 15) is 9.90 Å². The van der Waals surface area contributed by atoms with Crippen LogP contribution in [0.4, 0.5) is 5.95 Å². The summed E-state index contributed by atoms with van der Waals surface area (Å²) in [6.45, 7) is 2.55. The van der Waals surface area contributed by atoms with E-state index in [0.29, 0.717) is 37.1 Å². The Balaban J connectivity index is 1.55. The molecule has 4 rings (SSSR count). The molecule has 140 valence electrons. The summed E-state index contributed by atoms with van der Waals surface area (Å²) in [6.07, 6.45) is 5.20. The summed E-state index contributed by atoms with van der Waals surface area (Å²) in [5.74, 6) is -0.203. The van der Waals surface area contributed by atoms with Gasteiger partial charge in [-0.25, -0.2) is 9.97 Å². The number of carbonyl (C=O) groups is 1. The highest BCUT2D eigenvalue weighted by Gasteiger charge is 2.32. The van der Waals surface area contributed by atoms with E-state index in [0.717, 1.165) is 20.9 Å². The summed E-state index contributed by atoms with van der Waals surface area (Å²) in [4.78, 5) is 27.9. The monoisotopic (exact) mass is 449 g/mol. The van der Waals surface area contributed by atoms with Crippen LogP contribution in [-0.2, 0) is 4.79 Å². The number of benzene rings is 1. The second-order valence-electron chi connectivity index (χ2n) is 6.40. The Labute approximate surface area is 169 Å². The second-order valence-corrected chi connectivity index (χ2v) is 7.75. The van der Waals surface area contributed by atoms with E-state index in [1.165, 1.54) is 0 Å². The molecule has 9 heteroatoms. The Morgan fingerprint density at radius 1 is 1.22 bits per heavy atom. The highest BCUT2D eigenvalue weighted by Crippen LogP contribution is 2.31. The number of hydrogen-bond acceptors (Lipinski definition) is 5. The molecule has 1 aromatic carbocycles. The number of fused-ring (bicyclic) bond motifs is 1. The number of carboxylic acids is 1. The van der Waals surface area contributed by atoms with Crippen molar-refractivity contribution < 1.29 is 9.90 Å². The third kappa shape index (κ3) is 3.65. The van der Waals surface area contributed by atoms with Gasteiger partial charge in [-0.2, -0.15) is 0 Å². The minimum atomic E-state index is -0.862. The molecule has 1 fully saturated rings. The number of carboxylic acid groups (broad SMARTS) is 1. The van der Waals surface area contributed by atoms with Crippen LogP contribution in [-0.4, -0.2) is 57.1 Å². The molecule has 2 aromatic heterocycles. The van der Waals surface area contributed by atoms with Crippen LogP contribution in [0.5, 0.6) is 0 Å². The number of H-pyrrole nitrogens is 1. The van der Waals surface area contributed by atoms with Crippen molar-refractivity contribution in [2.24, 2.45) is 0 Å². The molecule has 1 aliphatic heterocycles. The van der Waals surface area contributed by atoms with Gasteiger partial charge in [-0.05, 0) is 28.1 Å². The molecule has 7 nitrogen and oxygen atoms in total. The lowest BCUT2D eigenvalue weighted by atomic mass is 10.0. The first kappa shape index (κ1) is 18.2. The highest BCUT2D eigenvalue weighted by atomic mass is 79.9. The number of piperazine rings is 1. The molecule has 0 saturated carbocycles. The lowest BCUT2D eigenvalue weighted by molar-refractivity contribution is -0.143. The average Bonchev–Trinajstić information content (AvgIpc) is 3.05. The summed E-state index contributed by atoms with van der Waals surface area (Å²) in [7, 11) is 0. The van der Waals surface area contributed by atoms with Crippen molar-refractivity contribution in [2.75, 3.05) is 31.1 Å². The number of halogens is 2. The molecule has 0 bridgehead atoms. The largest absolute Gasteiger partial charge is 0.480 e. The number of hydrogen-bond donors (Lipinski definition) is 2. The fourth-order valence-electron chi connectivity index (χ4n) is 3.48. The summed E-state index contributed by atoms with van der Waals surface area (Å²) in [5, 5.41) is 11.4. The molecular formula is C18H17BrClN5O2. The number of rotatable bonds is 4. The second kappa shape index (κ2) is 7.46. The van der Waals surface area contributed by atoms with Crippen LogP contribution in [0.3, 0.4) is 0 Å². The molecule has 0 radical (unpaired) electrons. The van der Waals surface area contributed by atoms with Gasteiger partial charge in [0, 0.05) is 66.3 Å². The van der Waals surface area contributed by atoms with Gasteiger partial charge in [0.2, 0.25) is 5.95 Å². The van der Waals surface area contributed by atoms with Gasteiger partial charge in [0.1, 0.15) is 6.04 Å². The molecule has 0 amide bonds. The van der Waals surface area contributed by atoms with Crippen LogP contribution >= 0.6 is 27.5 Å². The lowest BCUT2D eigenvalue weighted by Gasteiger charge is -2.37. The smallest absolute Gasteiger partial charge is 0.325 e. The minimum Gasteiger partial charge on any atom is -0.480 e. The molecule has 3 aromatic rings. The maximum atomic E-state index is 12.1. The van der Waals surface area contributed by atoms with Crippen molar-refractivity contribution in [3.8, 4) is 0 Å². The van der Waals surface area contributed by atoms with E-state index in [4.69, 9.17) is 11.6 Å². The summed E-state index contributed by atoms with van der Waals surface area (Å²) < 4.78 is 0.829. The predicted molar refractivity (Wildman–Crippen MR) is 107 cm³/mol. The number of nitrogens with zero attached hydrogens (tertiary/aromatic N) is 4. The zero-order valence-corrected chi connectivity index (χ0v) is 16.6. The maximum Gasteiger partial charge on any atom is 0.325 e. The van der Waals surface area contributed by atoms with Crippen molar-refractivity contribution in [1.82, 2.24) is 19.9 Å². The van der Waals surface area contributed by atoms with Gasteiger partial charge in [-0.3, -0.25) is 9.69 Å². The molecule has 27 heavy (non-hydrogen) atoms. The molecule has 3 heterocycles. The SMILES string of the molecule is O=C(O)[C@@H](c1c[nH]c2cc(Cl)ccc12)N1CCN(c2ncc(Br)cn2)CC1. The van der Waals surface area contributed by atoms with E-state index >= 15 is 0 Å². The topological polar surface area (TPSA) is 85.4 Å². The van der Waals surface area contributed by atoms with Crippen molar-refractivity contribution in [3.05, 3.63) is 51.8 Å². The zero-order chi connectivity index (χ0) is 19.0. The van der Waals surface area contributed by atoms with E-state index in [2.05, 4.69) is 35.8 Å². The fraction of sp³-hybridized carbons (Fsp3) is 0.278. The van der Waals surface area contributed by atoms with Crippen molar-refractivity contribution >= 4 is 50.4 Å². The molecule has 0 spiro atoms. The van der Waals surface area contributed by atoms with Gasteiger partial charge in [-0.1, -0.05) is 17.7 Å².